The molecule has 1 saturated carbocycles. The van der Waals surface area contributed by atoms with Gasteiger partial charge in [-0.2, -0.15) is 0 Å². The first-order chi connectivity index (χ1) is 15.9. The molecular weight excluding hydrogens is 502 g/mol. The molecule has 1 aromatic carbocycles. The zero-order valence-corrected chi connectivity index (χ0v) is 21.1. The summed E-state index contributed by atoms with van der Waals surface area (Å²) in [5.41, 5.74) is 3.37. The minimum absolute atomic E-state index is 0.0256. The van der Waals surface area contributed by atoms with E-state index in [2.05, 4.69) is 48.8 Å². The smallest absolute Gasteiger partial charge is 0.259 e. The van der Waals surface area contributed by atoms with E-state index in [0.717, 1.165) is 40.3 Å². The van der Waals surface area contributed by atoms with Gasteiger partial charge in [-0.25, -0.2) is 4.98 Å². The third-order valence-corrected chi connectivity index (χ3v) is 5.99. The van der Waals surface area contributed by atoms with Gasteiger partial charge in [-0.1, -0.05) is 31.2 Å². The Kier molecular flexibility index (Phi) is 9.53. The third kappa shape index (κ3) is 8.68. The zero-order valence-electron chi connectivity index (χ0n) is 18.7. The monoisotopic (exact) mass is 529 g/mol. The number of carbonyl (C=O) groups excluding carboxylic acids is 2. The van der Waals surface area contributed by atoms with E-state index < -0.39 is 0 Å². The van der Waals surface area contributed by atoms with Crippen LogP contribution in [0.4, 0.5) is 5.13 Å². The molecule has 33 heavy (non-hydrogen) atoms. The molecule has 3 aromatic rings. The van der Waals surface area contributed by atoms with Gasteiger partial charge >= 0.3 is 0 Å². The second kappa shape index (κ2) is 12.6. The van der Waals surface area contributed by atoms with Crippen LogP contribution in [0.2, 0.25) is 0 Å². The molecule has 2 heterocycles. The van der Waals surface area contributed by atoms with Crippen LogP contribution < -0.4 is 16.0 Å². The Bertz CT molecular complexity index is 1070. The molecule has 0 unspecified atom stereocenters. The van der Waals surface area contributed by atoms with Crippen molar-refractivity contribution in [2.45, 2.75) is 39.2 Å². The van der Waals surface area contributed by atoms with E-state index in [9.17, 15) is 9.59 Å². The Morgan fingerprint density at radius 1 is 1.18 bits per heavy atom. The SMILES string of the molecule is CC(=O)NCCc1ccc(-c2csc(NC(=O)c3cncc(Br)c3)n2)cc1.CCNC1CC1. The lowest BCUT2D eigenvalue weighted by molar-refractivity contribution is -0.118. The maximum absolute atomic E-state index is 12.3. The van der Waals surface area contributed by atoms with Gasteiger partial charge in [0.05, 0.1) is 11.3 Å². The fourth-order valence-electron chi connectivity index (χ4n) is 2.97. The van der Waals surface area contributed by atoms with Gasteiger partial charge in [0.15, 0.2) is 5.13 Å². The lowest BCUT2D eigenvalue weighted by atomic mass is 10.1. The molecule has 1 aliphatic rings. The van der Waals surface area contributed by atoms with Crippen LogP contribution in [0.5, 0.6) is 0 Å². The average molecular weight is 530 g/mol. The molecule has 1 fully saturated rings. The highest BCUT2D eigenvalue weighted by atomic mass is 79.9. The molecule has 174 valence electrons. The first-order valence-corrected chi connectivity index (χ1v) is 12.6. The number of thiazole rings is 1. The maximum atomic E-state index is 12.3. The molecule has 0 atom stereocenters. The summed E-state index contributed by atoms with van der Waals surface area (Å²) in [6, 6.07) is 10.6. The van der Waals surface area contributed by atoms with Gasteiger partial charge in [0.25, 0.3) is 5.91 Å². The Morgan fingerprint density at radius 3 is 2.55 bits per heavy atom. The lowest BCUT2D eigenvalue weighted by Gasteiger charge is -2.04. The molecular formula is C24H28BrN5O2S. The van der Waals surface area contributed by atoms with E-state index in [0.29, 0.717) is 17.2 Å². The van der Waals surface area contributed by atoms with Crippen LogP contribution in [0.1, 0.15) is 42.6 Å². The topological polar surface area (TPSA) is 96.0 Å². The largest absolute Gasteiger partial charge is 0.356 e. The van der Waals surface area contributed by atoms with Gasteiger partial charge in [-0.05, 0) is 53.4 Å². The Balaban J connectivity index is 0.000000442. The summed E-state index contributed by atoms with van der Waals surface area (Å²) >= 11 is 4.67. The number of halogens is 1. The number of nitrogens with one attached hydrogen (secondary N) is 3. The molecule has 2 aromatic heterocycles. The quantitative estimate of drug-likeness (QED) is 0.394. The molecule has 3 N–H and O–H groups in total. The number of carbonyl (C=O) groups is 2. The first kappa shape index (κ1) is 25.0. The Hall–Kier alpha value is -2.62. The minimum Gasteiger partial charge on any atom is -0.356 e. The number of anilines is 1. The summed E-state index contributed by atoms with van der Waals surface area (Å²) in [5.74, 6) is -0.277. The number of nitrogens with zero attached hydrogens (tertiary/aromatic N) is 2. The number of rotatable bonds is 8. The van der Waals surface area contributed by atoms with Crippen molar-refractivity contribution in [1.29, 1.82) is 0 Å². The lowest BCUT2D eigenvalue weighted by Crippen LogP contribution is -2.22. The molecule has 0 saturated heterocycles. The van der Waals surface area contributed by atoms with Crippen LogP contribution in [-0.2, 0) is 11.2 Å². The van der Waals surface area contributed by atoms with Gasteiger partial charge in [-0.3, -0.25) is 19.9 Å². The molecule has 2 amide bonds. The highest BCUT2D eigenvalue weighted by Gasteiger charge is 2.18. The van der Waals surface area contributed by atoms with Crippen molar-refractivity contribution in [2.24, 2.45) is 0 Å². The minimum atomic E-state index is -0.252. The summed E-state index contributed by atoms with van der Waals surface area (Å²) in [6.07, 6.45) is 6.73. The van der Waals surface area contributed by atoms with Crippen molar-refractivity contribution in [1.82, 2.24) is 20.6 Å². The van der Waals surface area contributed by atoms with Gasteiger partial charge in [-0.15, -0.1) is 11.3 Å². The van der Waals surface area contributed by atoms with Crippen LogP contribution in [0, 0.1) is 0 Å². The van der Waals surface area contributed by atoms with Crippen molar-refractivity contribution >= 4 is 44.2 Å². The van der Waals surface area contributed by atoms with Gasteiger partial charge in [0.1, 0.15) is 0 Å². The fraction of sp³-hybridized carbons (Fsp3) is 0.333. The van der Waals surface area contributed by atoms with Crippen LogP contribution in [0.3, 0.4) is 0 Å². The van der Waals surface area contributed by atoms with Crippen LogP contribution in [0.15, 0.2) is 52.6 Å². The summed E-state index contributed by atoms with van der Waals surface area (Å²) in [7, 11) is 0. The number of pyridine rings is 1. The maximum Gasteiger partial charge on any atom is 0.259 e. The molecule has 9 heteroatoms. The van der Waals surface area contributed by atoms with Crippen LogP contribution >= 0.6 is 27.3 Å². The van der Waals surface area contributed by atoms with E-state index in [1.54, 1.807) is 12.3 Å². The molecule has 4 rings (SSSR count). The average Bonchev–Trinajstić information content (AvgIpc) is 3.50. The predicted octanol–water partition coefficient (Wildman–Crippen LogP) is 4.66. The zero-order chi connectivity index (χ0) is 23.6. The molecule has 0 spiro atoms. The van der Waals surface area contributed by atoms with E-state index in [1.165, 1.54) is 37.3 Å². The molecule has 0 radical (unpaired) electrons. The first-order valence-electron chi connectivity index (χ1n) is 10.9. The standard InChI is InChI=1S/C19H17BrN4O2S.C5H11N/c1-12(25)22-7-6-13-2-4-14(5-3-13)17-11-27-19(23-17)24-18(26)15-8-16(20)10-21-9-15;1-2-6-5-3-4-5/h2-5,8-11H,6-7H2,1H3,(H,22,25)(H,23,24,26);5-6H,2-4H2,1H3. The molecule has 7 nitrogen and oxygen atoms in total. The van der Waals surface area contributed by atoms with Crippen molar-refractivity contribution in [2.75, 3.05) is 18.4 Å². The predicted molar refractivity (Wildman–Crippen MR) is 137 cm³/mol. The Morgan fingerprint density at radius 2 is 1.94 bits per heavy atom. The van der Waals surface area contributed by atoms with Gasteiger partial charge in [0, 0.05) is 47.3 Å². The Labute approximate surface area is 206 Å². The van der Waals surface area contributed by atoms with E-state index in [1.807, 2.05) is 29.6 Å². The van der Waals surface area contributed by atoms with E-state index in [4.69, 9.17) is 0 Å². The molecule has 0 bridgehead atoms. The number of amides is 2. The van der Waals surface area contributed by atoms with Gasteiger partial charge in [0.2, 0.25) is 5.91 Å². The van der Waals surface area contributed by atoms with Gasteiger partial charge < -0.3 is 10.6 Å². The highest BCUT2D eigenvalue weighted by molar-refractivity contribution is 9.10. The second-order valence-electron chi connectivity index (χ2n) is 7.65. The normalized spacial score (nSPS) is 12.5. The van der Waals surface area contributed by atoms with E-state index >= 15 is 0 Å². The van der Waals surface area contributed by atoms with Crippen molar-refractivity contribution in [3.63, 3.8) is 0 Å². The fourth-order valence-corrected chi connectivity index (χ4v) is 4.05. The molecule has 0 aliphatic heterocycles. The summed E-state index contributed by atoms with van der Waals surface area (Å²) in [4.78, 5) is 31.6. The van der Waals surface area contributed by atoms with Crippen LogP contribution in [-0.4, -0.2) is 40.9 Å². The summed E-state index contributed by atoms with van der Waals surface area (Å²) in [5, 5.41) is 11.3. The van der Waals surface area contributed by atoms with Crippen LogP contribution in [0.25, 0.3) is 11.3 Å². The van der Waals surface area contributed by atoms with Crippen molar-refractivity contribution in [3.05, 3.63) is 63.7 Å². The number of hydrogen-bond donors (Lipinski definition) is 3. The second-order valence-corrected chi connectivity index (χ2v) is 9.42. The van der Waals surface area contributed by atoms with Crippen molar-refractivity contribution in [3.8, 4) is 11.3 Å². The summed E-state index contributed by atoms with van der Waals surface area (Å²) in [6.45, 7) is 5.42. The number of aromatic nitrogens is 2. The summed E-state index contributed by atoms with van der Waals surface area (Å²) < 4.78 is 0.744. The number of hydrogen-bond acceptors (Lipinski definition) is 6. The molecule has 1 aliphatic carbocycles. The highest BCUT2D eigenvalue weighted by Crippen LogP contribution is 2.25. The van der Waals surface area contributed by atoms with E-state index in [-0.39, 0.29) is 11.8 Å². The third-order valence-electron chi connectivity index (χ3n) is 4.80. The number of benzene rings is 1. The van der Waals surface area contributed by atoms with Crippen molar-refractivity contribution < 1.29 is 9.59 Å².